The highest BCUT2D eigenvalue weighted by Gasteiger charge is 2.26. The van der Waals surface area contributed by atoms with Gasteiger partial charge in [-0.1, -0.05) is 96.1 Å². The molecule has 1 nitrogen and oxygen atoms in total. The third-order valence-electron chi connectivity index (χ3n) is 7.37. The maximum atomic E-state index is 13.4. The zero-order chi connectivity index (χ0) is 19.6. The number of rotatable bonds is 10. The average molecular weight is 384 g/mol. The van der Waals surface area contributed by atoms with Crippen LogP contribution in [0.3, 0.4) is 0 Å². The summed E-state index contributed by atoms with van der Waals surface area (Å²) in [5.41, 5.74) is 3.86. The normalized spacial score (nSPS) is 19.2. The van der Waals surface area contributed by atoms with E-state index in [4.69, 9.17) is 0 Å². The third-order valence-corrected chi connectivity index (χ3v) is 7.37. The molecular weight excluding hydrogens is 340 g/mol. The molecule has 0 aromatic heterocycles. The second kappa shape index (κ2) is 11.9. The van der Waals surface area contributed by atoms with Crippen LogP contribution in [0.5, 0.6) is 5.75 Å². The molecule has 1 aromatic rings. The van der Waals surface area contributed by atoms with Crippen molar-refractivity contribution in [1.29, 1.82) is 0 Å². The first-order valence-corrected chi connectivity index (χ1v) is 12.6. The standard InChI is InChI=1S/C27H43O/c1-2-3-4-5-6-7-10-15-22-20-25(23-16-11-8-12-17-23)27(28)26(21-22)24-18-13-9-14-19-24/h20-21,23-24H,2-19H2,1H3. The Morgan fingerprint density at radius 1 is 0.679 bits per heavy atom. The van der Waals surface area contributed by atoms with Gasteiger partial charge in [0.2, 0.25) is 0 Å². The van der Waals surface area contributed by atoms with Crippen molar-refractivity contribution < 1.29 is 5.11 Å². The van der Waals surface area contributed by atoms with Crippen molar-refractivity contribution in [3.05, 3.63) is 28.8 Å². The highest BCUT2D eigenvalue weighted by Crippen LogP contribution is 2.44. The zero-order valence-corrected chi connectivity index (χ0v) is 18.4. The molecule has 2 aliphatic rings. The van der Waals surface area contributed by atoms with Crippen LogP contribution in [-0.4, -0.2) is 0 Å². The summed E-state index contributed by atoms with van der Waals surface area (Å²) in [4.78, 5) is 0. The van der Waals surface area contributed by atoms with Gasteiger partial charge in [0.25, 0.3) is 0 Å². The summed E-state index contributed by atoms with van der Waals surface area (Å²) in [6.07, 6.45) is 23.6. The van der Waals surface area contributed by atoms with Gasteiger partial charge < -0.3 is 0 Å². The molecule has 2 saturated carbocycles. The minimum atomic E-state index is 0.433. The van der Waals surface area contributed by atoms with Crippen molar-refractivity contribution in [1.82, 2.24) is 0 Å². The quantitative estimate of drug-likeness (QED) is 0.359. The van der Waals surface area contributed by atoms with Gasteiger partial charge in [0.1, 0.15) is 0 Å². The molecular formula is C27H43O. The lowest BCUT2D eigenvalue weighted by atomic mass is 9.78. The van der Waals surface area contributed by atoms with Gasteiger partial charge in [0.15, 0.2) is 5.75 Å². The van der Waals surface area contributed by atoms with E-state index in [-0.39, 0.29) is 0 Å². The fourth-order valence-electron chi connectivity index (χ4n) is 5.60. The molecule has 1 aromatic carbocycles. The molecule has 1 heteroatoms. The third kappa shape index (κ3) is 6.26. The molecule has 0 aliphatic heterocycles. The Morgan fingerprint density at radius 2 is 1.14 bits per heavy atom. The molecule has 0 heterocycles. The number of hydrogen-bond donors (Lipinski definition) is 0. The van der Waals surface area contributed by atoms with Crippen molar-refractivity contribution in [2.75, 3.05) is 0 Å². The Kier molecular flexibility index (Phi) is 9.22. The van der Waals surface area contributed by atoms with Crippen molar-refractivity contribution in [2.45, 2.75) is 134 Å². The molecule has 0 unspecified atom stereocenters. The van der Waals surface area contributed by atoms with Crippen molar-refractivity contribution in [3.63, 3.8) is 0 Å². The highest BCUT2D eigenvalue weighted by atomic mass is 16.3. The predicted octanol–water partition coefficient (Wildman–Crippen LogP) is 9.22. The van der Waals surface area contributed by atoms with Gasteiger partial charge in [-0.15, -0.1) is 0 Å². The van der Waals surface area contributed by atoms with Crippen LogP contribution >= 0.6 is 0 Å². The number of unbranched alkanes of at least 4 members (excludes halogenated alkanes) is 6. The molecule has 0 saturated heterocycles. The smallest absolute Gasteiger partial charge is 0.185 e. The topological polar surface area (TPSA) is 19.9 Å². The fraction of sp³-hybridized carbons (Fsp3) is 0.778. The summed E-state index contributed by atoms with van der Waals surface area (Å²) < 4.78 is 0. The molecule has 0 N–H and O–H groups in total. The summed E-state index contributed by atoms with van der Waals surface area (Å²) in [6, 6.07) is 4.67. The molecule has 0 bridgehead atoms. The van der Waals surface area contributed by atoms with E-state index in [0.29, 0.717) is 17.6 Å². The first-order valence-electron chi connectivity index (χ1n) is 12.6. The molecule has 2 fully saturated rings. The van der Waals surface area contributed by atoms with E-state index >= 15 is 0 Å². The van der Waals surface area contributed by atoms with Crippen molar-refractivity contribution >= 4 is 0 Å². The summed E-state index contributed by atoms with van der Waals surface area (Å²) in [7, 11) is 0. The maximum Gasteiger partial charge on any atom is 0.185 e. The van der Waals surface area contributed by atoms with Gasteiger partial charge in [-0.05, 0) is 55.9 Å². The lowest BCUT2D eigenvalue weighted by Gasteiger charge is -2.27. The molecule has 0 spiro atoms. The SMILES string of the molecule is CCCCCCCCCc1cc(C2CCCCC2)c([O])c(C2CCCCC2)c1. The van der Waals surface area contributed by atoms with Crippen LogP contribution in [0.15, 0.2) is 12.1 Å². The van der Waals surface area contributed by atoms with Gasteiger partial charge in [0.05, 0.1) is 0 Å². The van der Waals surface area contributed by atoms with Gasteiger partial charge >= 0.3 is 0 Å². The van der Waals surface area contributed by atoms with E-state index < -0.39 is 0 Å². The minimum Gasteiger partial charge on any atom is -0.289 e. The number of aryl methyl sites for hydroxylation is 1. The molecule has 1 radical (unpaired) electrons. The molecule has 157 valence electrons. The Labute approximate surface area is 174 Å². The maximum absolute atomic E-state index is 13.4. The molecule has 2 aliphatic carbocycles. The van der Waals surface area contributed by atoms with Crippen LogP contribution < -0.4 is 0 Å². The summed E-state index contributed by atoms with van der Waals surface area (Å²) in [5.74, 6) is 1.51. The van der Waals surface area contributed by atoms with E-state index in [0.717, 1.165) is 0 Å². The van der Waals surface area contributed by atoms with Crippen LogP contribution in [-0.2, 0) is 11.5 Å². The number of hydrogen-bond acceptors (Lipinski definition) is 0. The van der Waals surface area contributed by atoms with Crippen LogP contribution in [0.4, 0.5) is 0 Å². The Morgan fingerprint density at radius 3 is 1.64 bits per heavy atom. The largest absolute Gasteiger partial charge is 0.289 e. The first kappa shape index (κ1) is 21.7. The van der Waals surface area contributed by atoms with E-state index in [1.54, 1.807) is 0 Å². The number of benzene rings is 1. The Bertz CT molecular complexity index is 525. The van der Waals surface area contributed by atoms with E-state index in [9.17, 15) is 5.11 Å². The molecule has 28 heavy (non-hydrogen) atoms. The van der Waals surface area contributed by atoms with Crippen LogP contribution in [0.1, 0.15) is 145 Å². The Hall–Kier alpha value is -0.980. The van der Waals surface area contributed by atoms with Crippen molar-refractivity contribution in [3.8, 4) is 5.75 Å². The molecule has 0 amide bonds. The van der Waals surface area contributed by atoms with Gasteiger partial charge in [-0.3, -0.25) is 5.11 Å². The van der Waals surface area contributed by atoms with Crippen molar-refractivity contribution in [2.24, 2.45) is 0 Å². The lowest BCUT2D eigenvalue weighted by Crippen LogP contribution is -2.10. The summed E-state index contributed by atoms with van der Waals surface area (Å²) in [5, 5.41) is 13.4. The average Bonchev–Trinajstić information content (AvgIpc) is 2.75. The van der Waals surface area contributed by atoms with Gasteiger partial charge in [-0.25, -0.2) is 0 Å². The molecule has 3 rings (SSSR count). The Balaban J connectivity index is 1.67. The lowest BCUT2D eigenvalue weighted by molar-refractivity contribution is 0.323. The van der Waals surface area contributed by atoms with Crippen LogP contribution in [0, 0.1) is 0 Å². The minimum absolute atomic E-state index is 0.433. The monoisotopic (exact) mass is 383 g/mol. The van der Waals surface area contributed by atoms with E-state index in [1.807, 2.05) is 0 Å². The highest BCUT2D eigenvalue weighted by molar-refractivity contribution is 5.47. The zero-order valence-electron chi connectivity index (χ0n) is 18.4. The van der Waals surface area contributed by atoms with Crippen LogP contribution in [0.25, 0.3) is 0 Å². The van der Waals surface area contributed by atoms with Crippen LogP contribution in [0.2, 0.25) is 0 Å². The first-order chi connectivity index (χ1) is 13.8. The predicted molar refractivity (Wildman–Crippen MR) is 120 cm³/mol. The van der Waals surface area contributed by atoms with Gasteiger partial charge in [-0.2, -0.15) is 0 Å². The van der Waals surface area contributed by atoms with E-state index in [1.165, 1.54) is 132 Å². The van der Waals surface area contributed by atoms with E-state index in [2.05, 4.69) is 19.1 Å². The second-order valence-corrected chi connectivity index (χ2v) is 9.64. The second-order valence-electron chi connectivity index (χ2n) is 9.64. The summed E-state index contributed by atoms with van der Waals surface area (Å²) >= 11 is 0. The van der Waals surface area contributed by atoms with Gasteiger partial charge in [0, 0.05) is 11.1 Å². The fourth-order valence-corrected chi connectivity index (χ4v) is 5.60. The summed E-state index contributed by atoms with van der Waals surface area (Å²) in [6.45, 7) is 2.29. The molecule has 0 atom stereocenters.